The maximum Gasteiger partial charge on any atom is 0.295 e. The first kappa shape index (κ1) is 14.9. The van der Waals surface area contributed by atoms with Crippen molar-refractivity contribution in [3.8, 4) is 0 Å². The first-order valence-electron chi connectivity index (χ1n) is 5.43. The Labute approximate surface area is 134 Å². The molecule has 0 bridgehead atoms. The number of nitrogens with zero attached hydrogens (tertiary/aromatic N) is 2. The molecule has 0 aliphatic carbocycles. The lowest BCUT2D eigenvalue weighted by atomic mass is 10.2. The summed E-state index contributed by atoms with van der Waals surface area (Å²) in [6.45, 7) is 0.491. The number of nitro benzene ring substituents is 1. The lowest BCUT2D eigenvalue weighted by molar-refractivity contribution is -0.384. The van der Waals surface area contributed by atoms with Crippen LogP contribution in [0.1, 0.15) is 6.42 Å². The van der Waals surface area contributed by atoms with E-state index in [1.165, 1.54) is 11.0 Å². The molecule has 1 aliphatic rings. The number of carbonyl (C=O) groups is 1. The van der Waals surface area contributed by atoms with Crippen molar-refractivity contribution in [1.82, 2.24) is 0 Å². The Morgan fingerprint density at radius 3 is 2.63 bits per heavy atom. The van der Waals surface area contributed by atoms with E-state index < -0.39 is 4.92 Å². The van der Waals surface area contributed by atoms with Crippen molar-refractivity contribution in [2.75, 3.05) is 16.8 Å². The fourth-order valence-electron chi connectivity index (χ4n) is 2.06. The van der Waals surface area contributed by atoms with Crippen LogP contribution in [0.2, 0.25) is 0 Å². The van der Waals surface area contributed by atoms with Crippen LogP contribution in [-0.4, -0.2) is 22.7 Å². The van der Waals surface area contributed by atoms with E-state index in [4.69, 9.17) is 0 Å². The van der Waals surface area contributed by atoms with E-state index in [1.807, 2.05) is 0 Å². The molecule has 8 heteroatoms. The number of alkyl halides is 1. The molecule has 0 spiro atoms. The number of hydrogen-bond donors (Lipinski definition) is 0. The number of benzene rings is 1. The molecule has 5 nitrogen and oxygen atoms in total. The Morgan fingerprint density at radius 1 is 1.42 bits per heavy atom. The molecule has 0 aromatic heterocycles. The summed E-state index contributed by atoms with van der Waals surface area (Å²) < 4.78 is 1.13. The highest BCUT2D eigenvalue weighted by Gasteiger charge is 2.35. The zero-order valence-corrected chi connectivity index (χ0v) is 14.4. The summed E-state index contributed by atoms with van der Waals surface area (Å²) in [6.07, 6.45) is 0.408. The van der Waals surface area contributed by atoms with E-state index >= 15 is 0 Å². The zero-order chi connectivity index (χ0) is 14.2. The third-order valence-corrected chi connectivity index (χ3v) is 4.88. The maximum atomic E-state index is 12.0. The Bertz CT molecular complexity index is 550. The third kappa shape index (κ3) is 3.00. The quantitative estimate of drug-likeness (QED) is 0.394. The van der Waals surface area contributed by atoms with Gasteiger partial charge < -0.3 is 4.90 Å². The fraction of sp³-hybridized carbons (Fsp3) is 0.364. The summed E-state index contributed by atoms with van der Waals surface area (Å²) in [5.41, 5.74) is 0.256. The number of halogens is 3. The van der Waals surface area contributed by atoms with Gasteiger partial charge in [0, 0.05) is 33.3 Å². The number of hydrogen-bond acceptors (Lipinski definition) is 3. The Kier molecular flexibility index (Phi) is 4.62. The van der Waals surface area contributed by atoms with Crippen LogP contribution in [-0.2, 0) is 4.79 Å². The van der Waals surface area contributed by atoms with Gasteiger partial charge in [0.25, 0.3) is 5.69 Å². The molecule has 19 heavy (non-hydrogen) atoms. The molecular formula is C11H9Br3N2O3. The van der Waals surface area contributed by atoms with Gasteiger partial charge in [0.2, 0.25) is 5.91 Å². The van der Waals surface area contributed by atoms with Gasteiger partial charge in [-0.15, -0.1) is 0 Å². The molecule has 1 amide bonds. The first-order chi connectivity index (χ1) is 8.93. The summed E-state index contributed by atoms with van der Waals surface area (Å²) in [7, 11) is 0. The second-order valence-electron chi connectivity index (χ2n) is 4.24. The molecule has 1 aromatic rings. The van der Waals surface area contributed by atoms with Crippen LogP contribution in [0, 0.1) is 16.0 Å². The van der Waals surface area contributed by atoms with Gasteiger partial charge >= 0.3 is 0 Å². The van der Waals surface area contributed by atoms with E-state index in [0.29, 0.717) is 32.9 Å². The van der Waals surface area contributed by atoms with E-state index in [0.717, 1.165) is 0 Å². The molecule has 102 valence electrons. The highest BCUT2D eigenvalue weighted by Crippen LogP contribution is 2.41. The summed E-state index contributed by atoms with van der Waals surface area (Å²) in [4.78, 5) is 24.2. The number of rotatable bonds is 3. The average molecular weight is 457 g/mol. The van der Waals surface area contributed by atoms with Crippen molar-refractivity contribution in [3.63, 3.8) is 0 Å². The summed E-state index contributed by atoms with van der Waals surface area (Å²) in [5.74, 6) is 0.0956. The SMILES string of the molecule is O=C1CC(CBr)CN1c1c(Br)cc(Br)cc1[N+](=O)[O-]. The minimum atomic E-state index is -0.473. The van der Waals surface area contributed by atoms with Gasteiger partial charge in [0.05, 0.1) is 4.92 Å². The molecule has 2 rings (SSSR count). The van der Waals surface area contributed by atoms with Crippen LogP contribution < -0.4 is 4.90 Å². The van der Waals surface area contributed by atoms with Crippen LogP contribution in [0.15, 0.2) is 21.1 Å². The molecule has 1 aliphatic heterocycles. The van der Waals surface area contributed by atoms with Crippen LogP contribution in [0.5, 0.6) is 0 Å². The van der Waals surface area contributed by atoms with Gasteiger partial charge in [-0.05, 0) is 27.9 Å². The normalized spacial score (nSPS) is 19.0. The maximum absolute atomic E-state index is 12.0. The van der Waals surface area contributed by atoms with Crippen molar-refractivity contribution in [3.05, 3.63) is 31.2 Å². The molecule has 1 atom stereocenters. The summed E-state index contributed by atoms with van der Waals surface area (Å²) in [5, 5.41) is 11.9. The number of amides is 1. The Hall–Kier alpha value is -0.470. The molecule has 0 N–H and O–H groups in total. The molecule has 1 unspecified atom stereocenters. The smallest absolute Gasteiger partial charge is 0.295 e. The molecule has 1 fully saturated rings. The van der Waals surface area contributed by atoms with E-state index in [-0.39, 0.29) is 17.5 Å². The molecule has 1 aromatic carbocycles. The van der Waals surface area contributed by atoms with Crippen LogP contribution in [0.4, 0.5) is 11.4 Å². The predicted octanol–water partition coefficient (Wildman–Crippen LogP) is 3.87. The van der Waals surface area contributed by atoms with E-state index in [9.17, 15) is 14.9 Å². The second kappa shape index (κ2) is 5.88. The van der Waals surface area contributed by atoms with Crippen LogP contribution in [0.25, 0.3) is 0 Å². The van der Waals surface area contributed by atoms with Crippen molar-refractivity contribution >= 4 is 65.1 Å². The molecule has 1 saturated heterocycles. The topological polar surface area (TPSA) is 63.5 Å². The fourth-order valence-corrected chi connectivity index (χ4v) is 3.91. The van der Waals surface area contributed by atoms with Gasteiger partial charge in [-0.2, -0.15) is 0 Å². The molecule has 1 heterocycles. The standard InChI is InChI=1S/C11H9Br3N2O3/c12-4-6-1-10(17)15(5-6)11-8(14)2-7(13)3-9(11)16(18)19/h2-3,6H,1,4-5H2. The minimum absolute atomic E-state index is 0.0789. The number of anilines is 1. The molecular weight excluding hydrogens is 448 g/mol. The number of nitro groups is 1. The zero-order valence-electron chi connectivity index (χ0n) is 9.61. The van der Waals surface area contributed by atoms with Gasteiger partial charge in [-0.3, -0.25) is 14.9 Å². The van der Waals surface area contributed by atoms with Gasteiger partial charge in [-0.1, -0.05) is 31.9 Å². The lowest BCUT2D eigenvalue weighted by Gasteiger charge is -2.18. The Balaban J connectivity index is 2.50. The van der Waals surface area contributed by atoms with Crippen molar-refractivity contribution in [2.45, 2.75) is 6.42 Å². The van der Waals surface area contributed by atoms with Gasteiger partial charge in [-0.25, -0.2) is 0 Å². The van der Waals surface area contributed by atoms with Gasteiger partial charge in [0.1, 0.15) is 5.69 Å². The van der Waals surface area contributed by atoms with Crippen molar-refractivity contribution < 1.29 is 9.72 Å². The van der Waals surface area contributed by atoms with E-state index in [1.54, 1.807) is 6.07 Å². The summed E-state index contributed by atoms with van der Waals surface area (Å²) in [6, 6.07) is 3.12. The van der Waals surface area contributed by atoms with Crippen molar-refractivity contribution in [2.24, 2.45) is 5.92 Å². The summed E-state index contributed by atoms with van der Waals surface area (Å²) >= 11 is 9.87. The van der Waals surface area contributed by atoms with Crippen molar-refractivity contribution in [1.29, 1.82) is 0 Å². The average Bonchev–Trinajstić information content (AvgIpc) is 2.69. The lowest BCUT2D eigenvalue weighted by Crippen LogP contribution is -2.26. The minimum Gasteiger partial charge on any atom is -0.305 e. The predicted molar refractivity (Wildman–Crippen MR) is 82.8 cm³/mol. The molecule has 0 saturated carbocycles. The largest absolute Gasteiger partial charge is 0.305 e. The molecule has 0 radical (unpaired) electrons. The monoisotopic (exact) mass is 454 g/mol. The third-order valence-electron chi connectivity index (χ3n) is 2.90. The number of carbonyl (C=O) groups excluding carboxylic acids is 1. The second-order valence-corrected chi connectivity index (χ2v) is 6.66. The van der Waals surface area contributed by atoms with Crippen LogP contribution in [0.3, 0.4) is 0 Å². The van der Waals surface area contributed by atoms with E-state index in [2.05, 4.69) is 47.8 Å². The van der Waals surface area contributed by atoms with Gasteiger partial charge in [0.15, 0.2) is 0 Å². The van der Waals surface area contributed by atoms with Crippen LogP contribution >= 0.6 is 47.8 Å². The highest BCUT2D eigenvalue weighted by molar-refractivity contribution is 9.11. The Morgan fingerprint density at radius 2 is 2.11 bits per heavy atom. The highest BCUT2D eigenvalue weighted by atomic mass is 79.9. The first-order valence-corrected chi connectivity index (χ1v) is 8.14.